The molecule has 1 rings (SSSR count). The van der Waals surface area contributed by atoms with Crippen molar-refractivity contribution >= 4 is 18.0 Å². The maximum Gasteiger partial charge on any atom is 0.330 e. The van der Waals surface area contributed by atoms with Gasteiger partial charge in [0.2, 0.25) is 5.91 Å². The Morgan fingerprint density at radius 3 is 1.85 bits per heavy atom. The average Bonchev–Trinajstić information content (AvgIpc) is 2.49. The third kappa shape index (κ3) is 15.4. The van der Waals surface area contributed by atoms with E-state index in [1.54, 1.807) is 6.92 Å². The molecule has 2 N–H and O–H groups in total. The summed E-state index contributed by atoms with van der Waals surface area (Å²) in [6.07, 6.45) is 4.03. The van der Waals surface area contributed by atoms with Gasteiger partial charge in [0.1, 0.15) is 0 Å². The molecule has 0 radical (unpaired) electrons. The Morgan fingerprint density at radius 2 is 1.65 bits per heavy atom. The van der Waals surface area contributed by atoms with Gasteiger partial charge in [0, 0.05) is 6.08 Å². The monoisotopic (exact) mass is 275 g/mol. The van der Waals surface area contributed by atoms with Crippen molar-refractivity contribution in [3.8, 4) is 0 Å². The standard InChI is InChI=1S/C8H8.C5H8O2.C3H5NO/c1-2-8-6-4-3-5-7-8;1-3-5(6)7-4-2;1-2-3(4)5/h2-7H,1H2;3H,1,4H2,2H3;2H,1H2,(H2,4,5). The van der Waals surface area contributed by atoms with Gasteiger partial charge in [-0.15, -0.1) is 0 Å². The first kappa shape index (κ1) is 19.7. The number of benzene rings is 1. The number of carbonyl (C=O) groups is 2. The number of primary amides is 1. The van der Waals surface area contributed by atoms with E-state index in [1.807, 2.05) is 36.4 Å². The predicted octanol–water partition coefficient (Wildman–Crippen LogP) is 2.72. The molecule has 4 nitrogen and oxygen atoms in total. The van der Waals surface area contributed by atoms with E-state index in [1.165, 1.54) is 5.56 Å². The van der Waals surface area contributed by atoms with Crippen LogP contribution in [0.3, 0.4) is 0 Å². The summed E-state index contributed by atoms with van der Waals surface area (Å²) in [5, 5.41) is 0. The van der Waals surface area contributed by atoms with Crippen molar-refractivity contribution in [1.82, 2.24) is 0 Å². The number of hydrogen-bond donors (Lipinski definition) is 1. The number of hydrogen-bond acceptors (Lipinski definition) is 3. The van der Waals surface area contributed by atoms with Gasteiger partial charge < -0.3 is 10.5 Å². The van der Waals surface area contributed by atoms with Gasteiger partial charge in [-0.25, -0.2) is 4.79 Å². The van der Waals surface area contributed by atoms with Crippen molar-refractivity contribution in [3.05, 3.63) is 67.8 Å². The van der Waals surface area contributed by atoms with Crippen LogP contribution in [-0.2, 0) is 14.3 Å². The van der Waals surface area contributed by atoms with Gasteiger partial charge in [-0.3, -0.25) is 4.79 Å². The zero-order valence-corrected chi connectivity index (χ0v) is 11.7. The van der Waals surface area contributed by atoms with Gasteiger partial charge >= 0.3 is 5.97 Å². The predicted molar refractivity (Wildman–Crippen MR) is 82.8 cm³/mol. The normalized spacial score (nSPS) is 7.65. The summed E-state index contributed by atoms with van der Waals surface area (Å²) in [5.74, 6) is -0.840. The van der Waals surface area contributed by atoms with Crippen LogP contribution in [0.25, 0.3) is 6.08 Å². The van der Waals surface area contributed by atoms with E-state index in [-0.39, 0.29) is 5.97 Å². The summed E-state index contributed by atoms with van der Waals surface area (Å²) in [4.78, 5) is 19.5. The summed E-state index contributed by atoms with van der Waals surface area (Å²) >= 11 is 0. The maximum absolute atomic E-state index is 10.1. The van der Waals surface area contributed by atoms with Crippen LogP contribution in [-0.4, -0.2) is 18.5 Å². The molecular formula is C16H21NO3. The maximum atomic E-state index is 10.1. The molecule has 1 aromatic rings. The number of nitrogens with two attached hydrogens (primary N) is 1. The van der Waals surface area contributed by atoms with Gasteiger partial charge in [0.15, 0.2) is 0 Å². The van der Waals surface area contributed by atoms with Gasteiger partial charge in [-0.2, -0.15) is 0 Å². The lowest BCUT2D eigenvalue weighted by atomic mass is 10.2. The molecule has 108 valence electrons. The highest BCUT2D eigenvalue weighted by atomic mass is 16.5. The second kappa shape index (κ2) is 14.4. The van der Waals surface area contributed by atoms with Crippen LogP contribution in [0.5, 0.6) is 0 Å². The molecule has 1 aromatic carbocycles. The van der Waals surface area contributed by atoms with Crippen molar-refractivity contribution in [2.45, 2.75) is 6.92 Å². The minimum Gasteiger partial charge on any atom is -0.463 e. The second-order valence-electron chi connectivity index (χ2n) is 3.18. The highest BCUT2D eigenvalue weighted by molar-refractivity contribution is 5.85. The van der Waals surface area contributed by atoms with Crippen LogP contribution in [0.1, 0.15) is 12.5 Å². The molecule has 0 bridgehead atoms. The van der Waals surface area contributed by atoms with Crippen molar-refractivity contribution in [1.29, 1.82) is 0 Å². The molecule has 0 heterocycles. The molecule has 0 aromatic heterocycles. The first-order valence-electron chi connectivity index (χ1n) is 5.90. The average molecular weight is 275 g/mol. The Morgan fingerprint density at radius 1 is 1.15 bits per heavy atom. The fourth-order valence-electron chi connectivity index (χ4n) is 0.790. The third-order valence-electron chi connectivity index (χ3n) is 1.69. The first-order valence-corrected chi connectivity index (χ1v) is 5.90. The summed E-state index contributed by atoms with van der Waals surface area (Å²) in [7, 11) is 0. The molecule has 0 aliphatic carbocycles. The van der Waals surface area contributed by atoms with Crippen molar-refractivity contribution in [3.63, 3.8) is 0 Å². The summed E-state index contributed by atoms with van der Waals surface area (Å²) in [6, 6.07) is 10.0. The number of carbonyl (C=O) groups excluding carboxylic acids is 2. The second-order valence-corrected chi connectivity index (χ2v) is 3.18. The molecule has 4 heteroatoms. The van der Waals surface area contributed by atoms with Crippen LogP contribution < -0.4 is 5.73 Å². The zero-order valence-electron chi connectivity index (χ0n) is 11.7. The molecule has 20 heavy (non-hydrogen) atoms. The molecular weight excluding hydrogens is 254 g/mol. The fourth-order valence-corrected chi connectivity index (χ4v) is 0.790. The van der Waals surface area contributed by atoms with Gasteiger partial charge in [-0.05, 0) is 18.6 Å². The van der Waals surface area contributed by atoms with Crippen molar-refractivity contribution in [2.24, 2.45) is 5.73 Å². The minimum absolute atomic E-state index is 0.359. The van der Waals surface area contributed by atoms with Crippen molar-refractivity contribution in [2.75, 3.05) is 6.61 Å². The van der Waals surface area contributed by atoms with Crippen LogP contribution in [0.4, 0.5) is 0 Å². The van der Waals surface area contributed by atoms with Crippen LogP contribution in [0, 0.1) is 0 Å². The van der Waals surface area contributed by atoms with Gasteiger partial charge in [0.25, 0.3) is 0 Å². The number of rotatable bonds is 4. The van der Waals surface area contributed by atoms with Crippen molar-refractivity contribution < 1.29 is 14.3 Å². The number of esters is 1. The van der Waals surface area contributed by atoms with Crippen LogP contribution in [0.15, 0.2) is 62.2 Å². The highest BCUT2D eigenvalue weighted by Crippen LogP contribution is 1.97. The van der Waals surface area contributed by atoms with E-state index in [4.69, 9.17) is 0 Å². The lowest BCUT2D eigenvalue weighted by Gasteiger charge is -1.90. The zero-order chi connectivity index (χ0) is 15.8. The van der Waals surface area contributed by atoms with E-state index < -0.39 is 5.91 Å². The summed E-state index contributed by atoms with van der Waals surface area (Å²) < 4.78 is 4.43. The summed E-state index contributed by atoms with van der Waals surface area (Å²) in [5.41, 5.74) is 5.71. The molecule has 0 fully saturated rings. The number of amides is 1. The van der Waals surface area contributed by atoms with E-state index in [9.17, 15) is 9.59 Å². The smallest absolute Gasteiger partial charge is 0.330 e. The molecule has 0 aliphatic rings. The molecule has 0 unspecified atom stereocenters. The Labute approximate surface area is 120 Å². The third-order valence-corrected chi connectivity index (χ3v) is 1.69. The van der Waals surface area contributed by atoms with Crippen LogP contribution in [0.2, 0.25) is 0 Å². The lowest BCUT2D eigenvalue weighted by molar-refractivity contribution is -0.137. The van der Waals surface area contributed by atoms with E-state index in [2.05, 4.69) is 30.2 Å². The van der Waals surface area contributed by atoms with Gasteiger partial charge in [0.05, 0.1) is 6.61 Å². The molecule has 0 saturated heterocycles. The number of ether oxygens (including phenoxy) is 1. The molecule has 0 atom stereocenters. The summed E-state index contributed by atoms with van der Waals surface area (Å²) in [6.45, 7) is 12.1. The Bertz CT molecular complexity index is 425. The van der Waals surface area contributed by atoms with E-state index >= 15 is 0 Å². The molecule has 0 spiro atoms. The van der Waals surface area contributed by atoms with Crippen LogP contribution >= 0.6 is 0 Å². The SMILES string of the molecule is C=CC(=O)OCC.C=CC(N)=O.C=Cc1ccccc1. The molecule has 0 aliphatic heterocycles. The Balaban J connectivity index is 0. The topological polar surface area (TPSA) is 69.4 Å². The Kier molecular flexibility index (Phi) is 14.2. The Hall–Kier alpha value is -2.62. The van der Waals surface area contributed by atoms with E-state index in [0.29, 0.717) is 6.61 Å². The highest BCUT2D eigenvalue weighted by Gasteiger charge is 1.86. The molecule has 0 saturated carbocycles. The fraction of sp³-hybridized carbons (Fsp3) is 0.125. The minimum atomic E-state index is -0.481. The van der Waals surface area contributed by atoms with Gasteiger partial charge in [-0.1, -0.05) is 56.1 Å². The quantitative estimate of drug-likeness (QED) is 0.678. The molecule has 1 amide bonds. The van der Waals surface area contributed by atoms with E-state index in [0.717, 1.165) is 12.2 Å². The first-order chi connectivity index (χ1) is 9.51. The largest absolute Gasteiger partial charge is 0.463 e. The lowest BCUT2D eigenvalue weighted by Crippen LogP contribution is -2.04.